The normalized spacial score (nSPS) is 16.2. The summed E-state index contributed by atoms with van der Waals surface area (Å²) in [5.41, 5.74) is 0. The van der Waals surface area contributed by atoms with E-state index < -0.39 is 0 Å². The molecule has 0 atom stereocenters. The molecule has 0 unspecified atom stereocenters. The lowest BCUT2D eigenvalue weighted by atomic mass is 10.4. The van der Waals surface area contributed by atoms with Gasteiger partial charge in [0.15, 0.2) is 0 Å². The summed E-state index contributed by atoms with van der Waals surface area (Å²) in [4.78, 5) is 12.6. The Hall–Kier alpha value is -1.24. The third-order valence-corrected chi connectivity index (χ3v) is 4.34. The van der Waals surface area contributed by atoms with Crippen LogP contribution < -0.4 is 15.4 Å². The summed E-state index contributed by atoms with van der Waals surface area (Å²) < 4.78 is 5.69. The van der Waals surface area contributed by atoms with Crippen molar-refractivity contribution in [3.8, 4) is 6.01 Å². The minimum absolute atomic E-state index is 0.355. The number of hydrogen-bond donors (Lipinski definition) is 2. The average Bonchev–Trinajstić information content (AvgIpc) is 3.17. The zero-order valence-corrected chi connectivity index (χ0v) is 11.8. The summed E-state index contributed by atoms with van der Waals surface area (Å²) in [6, 6.07) is 0.355. The molecular formula is C11H19N5OS. The molecule has 18 heavy (non-hydrogen) atoms. The number of anilines is 2. The van der Waals surface area contributed by atoms with Gasteiger partial charge in [-0.1, -0.05) is 0 Å². The van der Waals surface area contributed by atoms with Gasteiger partial charge in [0, 0.05) is 18.3 Å². The molecule has 0 saturated heterocycles. The number of ether oxygens (including phenoxy) is 1. The summed E-state index contributed by atoms with van der Waals surface area (Å²) in [6.07, 6.45) is 4.65. The van der Waals surface area contributed by atoms with E-state index in [1.165, 1.54) is 12.8 Å². The fraction of sp³-hybridized carbons (Fsp3) is 0.727. The van der Waals surface area contributed by atoms with Crippen molar-refractivity contribution >= 4 is 23.7 Å². The minimum Gasteiger partial charge on any atom is -0.464 e. The second-order valence-electron chi connectivity index (χ2n) is 4.19. The van der Waals surface area contributed by atoms with E-state index in [1.54, 1.807) is 7.05 Å². The molecule has 2 N–H and O–H groups in total. The quantitative estimate of drug-likeness (QED) is 0.779. The van der Waals surface area contributed by atoms with E-state index in [2.05, 4.69) is 31.8 Å². The first kappa shape index (κ1) is 13.2. The smallest absolute Gasteiger partial charge is 0.323 e. The Morgan fingerprint density at radius 3 is 2.56 bits per heavy atom. The van der Waals surface area contributed by atoms with Gasteiger partial charge in [0.2, 0.25) is 11.9 Å². The first-order valence-electron chi connectivity index (χ1n) is 6.07. The van der Waals surface area contributed by atoms with Gasteiger partial charge >= 0.3 is 6.01 Å². The Balaban J connectivity index is 2.04. The summed E-state index contributed by atoms with van der Waals surface area (Å²) in [7, 11) is 1.78. The number of nitrogens with zero attached hydrogens (tertiary/aromatic N) is 3. The van der Waals surface area contributed by atoms with Crippen LogP contribution in [0.5, 0.6) is 6.01 Å². The van der Waals surface area contributed by atoms with E-state index in [0.29, 0.717) is 29.3 Å². The van der Waals surface area contributed by atoms with E-state index in [1.807, 2.05) is 18.7 Å². The van der Waals surface area contributed by atoms with Crippen LogP contribution in [0.3, 0.4) is 0 Å². The molecule has 0 amide bonds. The highest BCUT2D eigenvalue weighted by molar-refractivity contribution is 8.00. The van der Waals surface area contributed by atoms with Gasteiger partial charge in [0.1, 0.15) is 0 Å². The van der Waals surface area contributed by atoms with Gasteiger partial charge in [0.05, 0.1) is 6.61 Å². The molecule has 1 aliphatic rings. The number of thioether (sulfide) groups is 1. The number of nitrogens with one attached hydrogen (secondary N) is 2. The van der Waals surface area contributed by atoms with Crippen molar-refractivity contribution in [1.82, 2.24) is 15.0 Å². The predicted octanol–water partition coefficient (Wildman–Crippen LogP) is 1.62. The third kappa shape index (κ3) is 3.16. The van der Waals surface area contributed by atoms with Crippen LogP contribution in [-0.2, 0) is 0 Å². The summed E-state index contributed by atoms with van der Waals surface area (Å²) in [6.45, 7) is 3.33. The van der Waals surface area contributed by atoms with E-state index in [9.17, 15) is 0 Å². The van der Waals surface area contributed by atoms with Crippen LogP contribution in [0, 0.1) is 0 Å². The fourth-order valence-electron chi connectivity index (χ4n) is 1.57. The molecule has 1 aliphatic carbocycles. The maximum absolute atomic E-state index is 5.32. The van der Waals surface area contributed by atoms with Crippen molar-refractivity contribution < 1.29 is 4.74 Å². The number of rotatable bonds is 7. The molecule has 0 spiro atoms. The van der Waals surface area contributed by atoms with Gasteiger partial charge in [-0.2, -0.15) is 26.7 Å². The lowest BCUT2D eigenvalue weighted by Crippen LogP contribution is -2.19. The molecular weight excluding hydrogens is 250 g/mol. The Bertz CT molecular complexity index is 410. The number of aromatic nitrogens is 3. The molecule has 1 aromatic rings. The molecule has 1 heterocycles. The van der Waals surface area contributed by atoms with Crippen LogP contribution in [0.2, 0.25) is 0 Å². The first-order valence-corrected chi connectivity index (χ1v) is 7.29. The maximum atomic E-state index is 5.32. The molecule has 7 heteroatoms. The first-order chi connectivity index (χ1) is 8.71. The number of hydrogen-bond acceptors (Lipinski definition) is 7. The monoisotopic (exact) mass is 269 g/mol. The minimum atomic E-state index is 0.355. The van der Waals surface area contributed by atoms with E-state index in [-0.39, 0.29) is 0 Å². The largest absolute Gasteiger partial charge is 0.464 e. The highest BCUT2D eigenvalue weighted by Crippen LogP contribution is 2.46. The molecule has 6 nitrogen and oxygen atoms in total. The molecule has 0 radical (unpaired) electrons. The van der Waals surface area contributed by atoms with Crippen LogP contribution in [0.4, 0.5) is 11.9 Å². The van der Waals surface area contributed by atoms with Crippen molar-refractivity contribution in [2.45, 2.75) is 24.5 Å². The van der Waals surface area contributed by atoms with Crippen LogP contribution in [0.1, 0.15) is 19.8 Å². The highest BCUT2D eigenvalue weighted by Gasteiger charge is 2.41. The van der Waals surface area contributed by atoms with E-state index in [0.717, 1.165) is 6.54 Å². The molecule has 2 rings (SSSR count). The maximum Gasteiger partial charge on any atom is 0.323 e. The van der Waals surface area contributed by atoms with Crippen molar-refractivity contribution in [3.05, 3.63) is 0 Å². The van der Waals surface area contributed by atoms with E-state index in [4.69, 9.17) is 4.74 Å². The van der Waals surface area contributed by atoms with Crippen LogP contribution >= 0.6 is 11.8 Å². The lowest BCUT2D eigenvalue weighted by molar-refractivity contribution is 0.312. The van der Waals surface area contributed by atoms with Gasteiger partial charge in [-0.25, -0.2) is 0 Å². The van der Waals surface area contributed by atoms with Gasteiger partial charge < -0.3 is 15.4 Å². The van der Waals surface area contributed by atoms with E-state index >= 15 is 0 Å². The zero-order valence-electron chi connectivity index (χ0n) is 11.0. The van der Waals surface area contributed by atoms with Crippen LogP contribution in [0.15, 0.2) is 0 Å². The van der Waals surface area contributed by atoms with Gasteiger partial charge in [-0.3, -0.25) is 0 Å². The van der Waals surface area contributed by atoms with Crippen molar-refractivity contribution in [2.24, 2.45) is 0 Å². The van der Waals surface area contributed by atoms with Gasteiger partial charge in [-0.15, -0.1) is 0 Å². The van der Waals surface area contributed by atoms with Crippen molar-refractivity contribution in [3.63, 3.8) is 0 Å². The zero-order chi connectivity index (χ0) is 13.0. The molecule has 1 saturated carbocycles. The predicted molar refractivity (Wildman–Crippen MR) is 74.5 cm³/mol. The molecule has 0 aromatic carbocycles. The Morgan fingerprint density at radius 2 is 2.00 bits per heavy atom. The van der Waals surface area contributed by atoms with Gasteiger partial charge in [0.25, 0.3) is 0 Å². The summed E-state index contributed by atoms with van der Waals surface area (Å²) >= 11 is 1.90. The highest BCUT2D eigenvalue weighted by atomic mass is 32.2. The average molecular weight is 269 g/mol. The van der Waals surface area contributed by atoms with Crippen molar-refractivity contribution in [1.29, 1.82) is 0 Å². The third-order valence-electron chi connectivity index (χ3n) is 2.92. The van der Waals surface area contributed by atoms with Crippen molar-refractivity contribution in [2.75, 3.05) is 37.1 Å². The molecule has 1 fully saturated rings. The molecule has 100 valence electrons. The second kappa shape index (κ2) is 5.60. The second-order valence-corrected chi connectivity index (χ2v) is 5.46. The lowest BCUT2D eigenvalue weighted by Gasteiger charge is -2.13. The van der Waals surface area contributed by atoms with Gasteiger partial charge in [-0.05, 0) is 26.0 Å². The standard InChI is InChI=1S/C11H19N5OS/c1-4-17-10-15-8(12-2)14-9(16-10)13-7-11(18-3)5-6-11/h4-7H2,1-3H3,(H2,12,13,14,15,16). The summed E-state index contributed by atoms with van der Waals surface area (Å²) in [5.74, 6) is 1.09. The van der Waals surface area contributed by atoms with Crippen LogP contribution in [-0.4, -0.2) is 46.2 Å². The Labute approximate surface area is 111 Å². The summed E-state index contributed by atoms with van der Waals surface area (Å²) in [5, 5.41) is 6.17. The molecule has 0 bridgehead atoms. The topological polar surface area (TPSA) is 72.0 Å². The van der Waals surface area contributed by atoms with Crippen LogP contribution in [0.25, 0.3) is 0 Å². The Kier molecular flexibility index (Phi) is 4.11. The molecule has 1 aromatic heterocycles. The molecule has 0 aliphatic heterocycles. The SMILES string of the molecule is CCOc1nc(NC)nc(NCC2(SC)CC2)n1. The Morgan fingerprint density at radius 1 is 1.28 bits per heavy atom. The fourth-order valence-corrected chi connectivity index (χ4v) is 2.30.